The summed E-state index contributed by atoms with van der Waals surface area (Å²) in [6, 6.07) is 22.9. The van der Waals surface area contributed by atoms with Gasteiger partial charge in [0.15, 0.2) is 17.3 Å². The van der Waals surface area contributed by atoms with Crippen LogP contribution in [0.1, 0.15) is 15.9 Å². The van der Waals surface area contributed by atoms with Gasteiger partial charge in [0, 0.05) is 44.0 Å². The van der Waals surface area contributed by atoms with Gasteiger partial charge in [0.05, 0.1) is 0 Å². The van der Waals surface area contributed by atoms with E-state index in [1.165, 1.54) is 11.8 Å². The molecule has 0 aromatic heterocycles. The van der Waals surface area contributed by atoms with Crippen molar-refractivity contribution >= 4 is 17.5 Å². The topological polar surface area (TPSA) is 71.5 Å². The Hall–Kier alpha value is -3.81. The average molecular weight is 487 g/mol. The molecule has 2 heterocycles. The molecule has 1 fully saturated rings. The molecule has 5 rings (SSSR count). The number of ether oxygens (including phenoxy) is 3. The number of β-amino-alcohol motifs (C(OH)–C–C–N with tert-alkyl or cyclic N) is 1. The predicted molar refractivity (Wildman–Crippen MR) is 139 cm³/mol. The van der Waals surface area contributed by atoms with Gasteiger partial charge in [-0.1, -0.05) is 30.3 Å². The third kappa shape index (κ3) is 6.05. The number of benzene rings is 3. The van der Waals surface area contributed by atoms with Gasteiger partial charge in [0.1, 0.15) is 18.5 Å². The number of fused-ring (bicyclic) bond motifs is 1. The van der Waals surface area contributed by atoms with Crippen molar-refractivity contribution in [3.05, 3.63) is 90.0 Å². The Labute approximate surface area is 211 Å². The number of piperazine rings is 1. The maximum Gasteiger partial charge on any atom is 0.231 e. The second-order valence-electron chi connectivity index (χ2n) is 8.92. The minimum absolute atomic E-state index is 0.103. The number of para-hydroxylation sites is 1. The molecule has 1 unspecified atom stereocenters. The van der Waals surface area contributed by atoms with Gasteiger partial charge in [-0.15, -0.1) is 0 Å². The second-order valence-corrected chi connectivity index (χ2v) is 8.92. The molecule has 0 saturated carbocycles. The lowest BCUT2D eigenvalue weighted by molar-refractivity contribution is 0.0663. The fraction of sp³-hybridized carbons (Fsp3) is 0.276. The summed E-state index contributed by atoms with van der Waals surface area (Å²) in [6.07, 6.45) is 2.71. The van der Waals surface area contributed by atoms with Gasteiger partial charge in [-0.3, -0.25) is 9.69 Å². The molecule has 7 heteroatoms. The molecule has 3 aromatic rings. The first-order valence-corrected chi connectivity index (χ1v) is 12.2. The van der Waals surface area contributed by atoms with Crippen molar-refractivity contribution in [3.63, 3.8) is 0 Å². The molecule has 0 bridgehead atoms. The van der Waals surface area contributed by atoms with Crippen LogP contribution in [0, 0.1) is 0 Å². The van der Waals surface area contributed by atoms with Crippen LogP contribution in [0.5, 0.6) is 17.2 Å². The molecule has 7 nitrogen and oxygen atoms in total. The minimum Gasteiger partial charge on any atom is -0.491 e. The van der Waals surface area contributed by atoms with Crippen LogP contribution in [-0.2, 0) is 0 Å². The molecular weight excluding hydrogens is 456 g/mol. The van der Waals surface area contributed by atoms with Gasteiger partial charge in [-0.05, 0) is 60.2 Å². The van der Waals surface area contributed by atoms with E-state index in [4.69, 9.17) is 14.2 Å². The highest BCUT2D eigenvalue weighted by Gasteiger charge is 2.20. The van der Waals surface area contributed by atoms with E-state index in [1.54, 1.807) is 30.3 Å². The SMILES string of the molecule is O=C(/C=C/c1ccc2c(c1)OCO2)c1ccc(OCC(O)CN2CCN(c3ccccc3)CC2)cc1. The van der Waals surface area contributed by atoms with Crippen molar-refractivity contribution < 1.29 is 24.1 Å². The molecule has 36 heavy (non-hydrogen) atoms. The number of rotatable bonds is 9. The fourth-order valence-corrected chi connectivity index (χ4v) is 4.37. The van der Waals surface area contributed by atoms with E-state index < -0.39 is 6.10 Å². The highest BCUT2D eigenvalue weighted by Crippen LogP contribution is 2.32. The lowest BCUT2D eigenvalue weighted by Gasteiger charge is -2.36. The van der Waals surface area contributed by atoms with Crippen molar-refractivity contribution in [3.8, 4) is 17.2 Å². The van der Waals surface area contributed by atoms with E-state index >= 15 is 0 Å². The third-order valence-electron chi connectivity index (χ3n) is 6.37. The van der Waals surface area contributed by atoms with E-state index in [1.807, 2.05) is 24.3 Å². The van der Waals surface area contributed by atoms with Gasteiger partial charge < -0.3 is 24.2 Å². The summed E-state index contributed by atoms with van der Waals surface area (Å²) in [4.78, 5) is 17.2. The van der Waals surface area contributed by atoms with Crippen LogP contribution in [0.15, 0.2) is 78.9 Å². The highest BCUT2D eigenvalue weighted by atomic mass is 16.7. The zero-order valence-electron chi connectivity index (χ0n) is 20.1. The van der Waals surface area contributed by atoms with Crippen molar-refractivity contribution in [1.29, 1.82) is 0 Å². The number of nitrogens with zero attached hydrogens (tertiary/aromatic N) is 2. The van der Waals surface area contributed by atoms with Crippen molar-refractivity contribution in [2.45, 2.75) is 6.10 Å². The largest absolute Gasteiger partial charge is 0.491 e. The number of aliphatic hydroxyl groups is 1. The van der Waals surface area contributed by atoms with Crippen LogP contribution in [0.2, 0.25) is 0 Å². The first-order valence-electron chi connectivity index (χ1n) is 12.2. The maximum absolute atomic E-state index is 12.5. The summed E-state index contributed by atoms with van der Waals surface area (Å²) in [5, 5.41) is 10.5. The third-order valence-corrected chi connectivity index (χ3v) is 6.37. The zero-order chi connectivity index (χ0) is 24.7. The second kappa shape index (κ2) is 11.3. The smallest absolute Gasteiger partial charge is 0.231 e. The van der Waals surface area contributed by atoms with Crippen LogP contribution in [0.3, 0.4) is 0 Å². The summed E-state index contributed by atoms with van der Waals surface area (Å²) < 4.78 is 16.4. The highest BCUT2D eigenvalue weighted by molar-refractivity contribution is 6.06. The van der Waals surface area contributed by atoms with Gasteiger partial charge >= 0.3 is 0 Å². The molecular formula is C29H30N2O5. The van der Waals surface area contributed by atoms with E-state index in [9.17, 15) is 9.90 Å². The normalized spacial score (nSPS) is 16.3. The maximum atomic E-state index is 12.5. The summed E-state index contributed by atoms with van der Waals surface area (Å²) in [5.74, 6) is 1.92. The Bertz CT molecular complexity index is 1190. The zero-order valence-corrected chi connectivity index (χ0v) is 20.1. The number of aliphatic hydroxyl groups excluding tert-OH is 1. The molecule has 1 saturated heterocycles. The Morgan fingerprint density at radius 3 is 2.47 bits per heavy atom. The fourth-order valence-electron chi connectivity index (χ4n) is 4.37. The number of carbonyl (C=O) groups is 1. The summed E-state index contributed by atoms with van der Waals surface area (Å²) in [6.45, 7) is 4.69. The van der Waals surface area contributed by atoms with E-state index in [0.29, 0.717) is 29.4 Å². The molecule has 0 spiro atoms. The van der Waals surface area contributed by atoms with Crippen molar-refractivity contribution in [2.24, 2.45) is 0 Å². The Morgan fingerprint density at radius 1 is 0.944 bits per heavy atom. The first-order chi connectivity index (χ1) is 17.6. The summed E-state index contributed by atoms with van der Waals surface area (Å²) in [7, 11) is 0. The van der Waals surface area contributed by atoms with Crippen LogP contribution >= 0.6 is 0 Å². The van der Waals surface area contributed by atoms with Gasteiger partial charge in [0.2, 0.25) is 6.79 Å². The van der Waals surface area contributed by atoms with Gasteiger partial charge in [0.25, 0.3) is 0 Å². The molecule has 0 aliphatic carbocycles. The quantitative estimate of drug-likeness (QED) is 0.364. The van der Waals surface area contributed by atoms with Crippen molar-refractivity contribution in [2.75, 3.05) is 51.0 Å². The Morgan fingerprint density at radius 2 is 1.69 bits per heavy atom. The lowest BCUT2D eigenvalue weighted by Crippen LogP contribution is -2.49. The number of allylic oxidation sites excluding steroid dienone is 1. The van der Waals surface area contributed by atoms with E-state index in [0.717, 1.165) is 31.7 Å². The predicted octanol–water partition coefficient (Wildman–Crippen LogP) is 3.87. The first kappa shape index (κ1) is 23.9. The van der Waals surface area contributed by atoms with Crippen LogP contribution in [0.4, 0.5) is 5.69 Å². The molecule has 1 atom stereocenters. The van der Waals surface area contributed by atoms with Gasteiger partial charge in [-0.25, -0.2) is 0 Å². The standard InChI is InChI=1S/C29H30N2O5/c32-25(19-30-14-16-31(17-15-30)24-4-2-1-3-5-24)20-34-26-10-8-23(9-11-26)27(33)12-6-22-7-13-28-29(18-22)36-21-35-28/h1-13,18,25,32H,14-17,19-21H2/b12-6+. The number of hydrogen-bond acceptors (Lipinski definition) is 7. The molecule has 3 aromatic carbocycles. The average Bonchev–Trinajstić information content (AvgIpc) is 3.40. The van der Waals surface area contributed by atoms with Crippen LogP contribution in [0.25, 0.3) is 6.08 Å². The van der Waals surface area contributed by atoms with E-state index in [-0.39, 0.29) is 19.2 Å². The molecule has 186 valence electrons. The molecule has 1 N–H and O–H groups in total. The molecule has 2 aliphatic heterocycles. The summed E-state index contributed by atoms with van der Waals surface area (Å²) in [5.41, 5.74) is 2.67. The summed E-state index contributed by atoms with van der Waals surface area (Å²) >= 11 is 0. The number of anilines is 1. The monoisotopic (exact) mass is 486 g/mol. The van der Waals surface area contributed by atoms with Crippen LogP contribution in [-0.4, -0.2) is 68.0 Å². The lowest BCUT2D eigenvalue weighted by atomic mass is 10.1. The molecule has 0 amide bonds. The number of ketones is 1. The van der Waals surface area contributed by atoms with Gasteiger partial charge in [-0.2, -0.15) is 0 Å². The molecule has 0 radical (unpaired) electrons. The molecule has 2 aliphatic rings. The Kier molecular flexibility index (Phi) is 7.50. The number of hydrogen-bond donors (Lipinski definition) is 1. The van der Waals surface area contributed by atoms with Crippen LogP contribution < -0.4 is 19.1 Å². The minimum atomic E-state index is -0.584. The van der Waals surface area contributed by atoms with Crippen molar-refractivity contribution in [1.82, 2.24) is 4.90 Å². The Balaban J connectivity index is 1.05. The number of carbonyl (C=O) groups excluding carboxylic acids is 1. The van der Waals surface area contributed by atoms with E-state index in [2.05, 4.69) is 34.1 Å².